The lowest BCUT2D eigenvalue weighted by Crippen LogP contribution is -2.10. The minimum Gasteiger partial charge on any atom is -0.433 e. The molecule has 1 aromatic rings. The zero-order valence-electron chi connectivity index (χ0n) is 8.65. The molecule has 0 bridgehead atoms. The van der Waals surface area contributed by atoms with Crippen molar-refractivity contribution in [2.75, 3.05) is 5.32 Å². The first-order valence-corrected chi connectivity index (χ1v) is 4.41. The molecule has 0 atom stereocenters. The maximum absolute atomic E-state index is 12.0. The number of benzene rings is 1. The fourth-order valence-corrected chi connectivity index (χ4v) is 1.12. The molecule has 0 heterocycles. The van der Waals surface area contributed by atoms with Crippen LogP contribution in [-0.2, 0) is 4.79 Å². The Morgan fingerprint density at radius 1 is 1.53 bits per heavy atom. The summed E-state index contributed by atoms with van der Waals surface area (Å²) in [6.45, 7) is -1.94. The monoisotopic (exact) mass is 246 g/mol. The average molecular weight is 246 g/mol. The van der Waals surface area contributed by atoms with Gasteiger partial charge in [-0.2, -0.15) is 8.78 Å². The summed E-state index contributed by atoms with van der Waals surface area (Å²) in [6, 6.07) is 2.94. The van der Waals surface area contributed by atoms with Gasteiger partial charge in [0.05, 0.1) is 10.6 Å². The highest BCUT2D eigenvalue weighted by molar-refractivity contribution is 5.90. The molecule has 0 saturated carbocycles. The van der Waals surface area contributed by atoms with Gasteiger partial charge >= 0.3 is 6.61 Å². The standard InChI is InChI=1S/C9H8F2N2O4/c1-5(14)12-7-4-6(13(15)16)2-3-8(7)17-9(10)11/h2-4,9H,1H3,(H,12,14). The van der Waals surface area contributed by atoms with Crippen LogP contribution in [0.2, 0.25) is 0 Å². The highest BCUT2D eigenvalue weighted by Crippen LogP contribution is 2.30. The number of non-ortho nitro benzene ring substituents is 1. The first kappa shape index (κ1) is 12.8. The van der Waals surface area contributed by atoms with E-state index >= 15 is 0 Å². The molecule has 1 aromatic carbocycles. The van der Waals surface area contributed by atoms with Gasteiger partial charge < -0.3 is 10.1 Å². The van der Waals surface area contributed by atoms with Gasteiger partial charge in [-0.05, 0) is 6.07 Å². The summed E-state index contributed by atoms with van der Waals surface area (Å²) in [7, 11) is 0. The van der Waals surface area contributed by atoms with E-state index in [0.29, 0.717) is 0 Å². The van der Waals surface area contributed by atoms with E-state index in [4.69, 9.17) is 0 Å². The van der Waals surface area contributed by atoms with Crippen molar-refractivity contribution in [1.29, 1.82) is 0 Å². The van der Waals surface area contributed by atoms with Crippen molar-refractivity contribution in [1.82, 2.24) is 0 Å². The van der Waals surface area contributed by atoms with Crippen molar-refractivity contribution in [2.24, 2.45) is 0 Å². The van der Waals surface area contributed by atoms with Crippen molar-refractivity contribution >= 4 is 17.3 Å². The van der Waals surface area contributed by atoms with Gasteiger partial charge in [0, 0.05) is 19.1 Å². The molecule has 6 nitrogen and oxygen atoms in total. The van der Waals surface area contributed by atoms with Crippen LogP contribution in [0.25, 0.3) is 0 Å². The minimum atomic E-state index is -3.08. The van der Waals surface area contributed by atoms with Gasteiger partial charge in [0.25, 0.3) is 5.69 Å². The number of nitro benzene ring substituents is 1. The second kappa shape index (κ2) is 5.19. The quantitative estimate of drug-likeness (QED) is 0.651. The Morgan fingerprint density at radius 3 is 2.65 bits per heavy atom. The lowest BCUT2D eigenvalue weighted by Gasteiger charge is -2.10. The van der Waals surface area contributed by atoms with Gasteiger partial charge in [-0.3, -0.25) is 14.9 Å². The number of alkyl halides is 2. The topological polar surface area (TPSA) is 81.5 Å². The van der Waals surface area contributed by atoms with Crippen molar-refractivity contribution in [3.05, 3.63) is 28.3 Å². The van der Waals surface area contributed by atoms with Gasteiger partial charge in [0.15, 0.2) is 0 Å². The summed E-state index contributed by atoms with van der Waals surface area (Å²) in [5.74, 6) is -0.884. The number of ether oxygens (including phenoxy) is 1. The largest absolute Gasteiger partial charge is 0.433 e. The normalized spacial score (nSPS) is 10.1. The lowest BCUT2D eigenvalue weighted by atomic mass is 10.2. The van der Waals surface area contributed by atoms with Crippen LogP contribution < -0.4 is 10.1 Å². The van der Waals surface area contributed by atoms with E-state index in [9.17, 15) is 23.7 Å². The van der Waals surface area contributed by atoms with E-state index in [-0.39, 0.29) is 17.1 Å². The first-order valence-electron chi connectivity index (χ1n) is 4.41. The second-order valence-corrected chi connectivity index (χ2v) is 3.00. The maximum atomic E-state index is 12.0. The third kappa shape index (κ3) is 3.67. The Balaban J connectivity index is 3.11. The molecular weight excluding hydrogens is 238 g/mol. The van der Waals surface area contributed by atoms with E-state index in [1.807, 2.05) is 0 Å². The predicted molar refractivity (Wildman–Crippen MR) is 54.0 cm³/mol. The van der Waals surface area contributed by atoms with Crippen LogP contribution >= 0.6 is 0 Å². The van der Waals surface area contributed by atoms with E-state index in [1.165, 1.54) is 0 Å². The minimum absolute atomic E-state index is 0.174. The molecule has 0 fully saturated rings. The Labute approximate surface area is 94.3 Å². The maximum Gasteiger partial charge on any atom is 0.387 e. The number of amides is 1. The predicted octanol–water partition coefficient (Wildman–Crippen LogP) is 2.15. The molecule has 0 radical (unpaired) electrons. The van der Waals surface area contributed by atoms with E-state index in [1.54, 1.807) is 0 Å². The number of hydrogen-bond acceptors (Lipinski definition) is 4. The zero-order valence-corrected chi connectivity index (χ0v) is 8.65. The number of rotatable bonds is 4. The Kier molecular flexibility index (Phi) is 3.91. The van der Waals surface area contributed by atoms with Gasteiger partial charge in [-0.15, -0.1) is 0 Å². The number of anilines is 1. The summed E-state index contributed by atoms with van der Waals surface area (Å²) in [4.78, 5) is 20.6. The molecule has 0 aromatic heterocycles. The van der Waals surface area contributed by atoms with Gasteiger partial charge in [-0.1, -0.05) is 0 Å². The van der Waals surface area contributed by atoms with E-state index < -0.39 is 17.4 Å². The molecule has 0 saturated heterocycles. The third-order valence-corrected chi connectivity index (χ3v) is 1.70. The fourth-order valence-electron chi connectivity index (χ4n) is 1.12. The van der Waals surface area contributed by atoms with Crippen LogP contribution in [0.15, 0.2) is 18.2 Å². The van der Waals surface area contributed by atoms with Crippen LogP contribution in [0.3, 0.4) is 0 Å². The molecule has 0 aliphatic carbocycles. The van der Waals surface area contributed by atoms with Gasteiger partial charge in [0.2, 0.25) is 5.91 Å². The van der Waals surface area contributed by atoms with Crippen LogP contribution in [0.5, 0.6) is 5.75 Å². The molecule has 0 aliphatic rings. The molecule has 8 heteroatoms. The Hall–Kier alpha value is -2.25. The molecule has 0 aliphatic heterocycles. The van der Waals surface area contributed by atoms with E-state index in [0.717, 1.165) is 25.1 Å². The van der Waals surface area contributed by atoms with Gasteiger partial charge in [0.1, 0.15) is 5.75 Å². The fraction of sp³-hybridized carbons (Fsp3) is 0.222. The summed E-state index contributed by atoms with van der Waals surface area (Å²) >= 11 is 0. The summed E-state index contributed by atoms with van der Waals surface area (Å²) < 4.78 is 28.2. The molecule has 0 unspecified atom stereocenters. The van der Waals surface area contributed by atoms with Crippen molar-refractivity contribution < 1.29 is 23.2 Å². The van der Waals surface area contributed by atoms with Crippen LogP contribution in [0, 0.1) is 10.1 Å². The average Bonchev–Trinajstić information content (AvgIpc) is 2.18. The number of carbonyl (C=O) groups is 1. The Morgan fingerprint density at radius 2 is 2.18 bits per heavy atom. The summed E-state index contributed by atoms with van der Waals surface area (Å²) in [5, 5.41) is 12.6. The summed E-state index contributed by atoms with van der Waals surface area (Å²) in [5.41, 5.74) is -0.512. The Bertz CT molecular complexity index is 451. The smallest absolute Gasteiger partial charge is 0.387 e. The third-order valence-electron chi connectivity index (χ3n) is 1.70. The molecule has 1 amide bonds. The molecular formula is C9H8F2N2O4. The number of carbonyl (C=O) groups excluding carboxylic acids is 1. The highest BCUT2D eigenvalue weighted by atomic mass is 19.3. The number of halogens is 2. The first-order chi connectivity index (χ1) is 7.90. The SMILES string of the molecule is CC(=O)Nc1cc([N+](=O)[O-])ccc1OC(F)F. The van der Waals surface area contributed by atoms with Crippen molar-refractivity contribution in [3.8, 4) is 5.75 Å². The second-order valence-electron chi connectivity index (χ2n) is 3.00. The molecule has 1 rings (SSSR count). The number of nitrogens with zero attached hydrogens (tertiary/aromatic N) is 1. The van der Waals surface area contributed by atoms with Crippen molar-refractivity contribution in [3.63, 3.8) is 0 Å². The molecule has 92 valence electrons. The number of nitrogens with one attached hydrogen (secondary N) is 1. The van der Waals surface area contributed by atoms with Gasteiger partial charge in [-0.25, -0.2) is 0 Å². The number of nitro groups is 1. The van der Waals surface area contributed by atoms with Crippen molar-refractivity contribution in [2.45, 2.75) is 13.5 Å². The summed E-state index contributed by atoms with van der Waals surface area (Å²) in [6.07, 6.45) is 0. The van der Waals surface area contributed by atoms with Crippen LogP contribution in [0.4, 0.5) is 20.2 Å². The highest BCUT2D eigenvalue weighted by Gasteiger charge is 2.15. The van der Waals surface area contributed by atoms with Crippen LogP contribution in [0.1, 0.15) is 6.92 Å². The van der Waals surface area contributed by atoms with E-state index in [2.05, 4.69) is 10.1 Å². The molecule has 0 spiro atoms. The number of hydrogen-bond donors (Lipinski definition) is 1. The molecule has 1 N–H and O–H groups in total. The lowest BCUT2D eigenvalue weighted by molar-refractivity contribution is -0.384. The molecule has 17 heavy (non-hydrogen) atoms. The zero-order chi connectivity index (χ0) is 13.0. The van der Waals surface area contributed by atoms with Crippen LogP contribution in [-0.4, -0.2) is 17.4 Å².